The summed E-state index contributed by atoms with van der Waals surface area (Å²) in [7, 11) is 1.56. The van der Waals surface area contributed by atoms with Crippen LogP contribution < -0.4 is 15.4 Å². The van der Waals surface area contributed by atoms with Gasteiger partial charge in [-0.25, -0.2) is 9.97 Å². The number of benzene rings is 1. The largest absolute Gasteiger partial charge is 0.504 e. The summed E-state index contributed by atoms with van der Waals surface area (Å²) < 4.78 is 9.57. The van der Waals surface area contributed by atoms with Crippen LogP contribution in [0.1, 0.15) is 76.0 Å². The van der Waals surface area contributed by atoms with Gasteiger partial charge in [-0.05, 0) is 86.7 Å². The molecule has 0 spiro atoms. The topological polar surface area (TPSA) is 88.1 Å². The average molecular weight is 663 g/mol. The minimum atomic E-state index is 0.136. The van der Waals surface area contributed by atoms with E-state index in [2.05, 4.69) is 62.9 Å². The summed E-state index contributed by atoms with van der Waals surface area (Å²) in [5.74, 6) is 2.77. The zero-order valence-corrected chi connectivity index (χ0v) is 28.8. The molecule has 0 atom stereocenters. The Morgan fingerprint density at radius 1 is 0.750 bits per heavy atom. The summed E-state index contributed by atoms with van der Waals surface area (Å²) in [5.41, 5.74) is 4.84. The molecule has 48 heavy (non-hydrogen) atoms. The Labute approximate surface area is 286 Å². The van der Waals surface area contributed by atoms with Crippen LogP contribution in [0.25, 0.3) is 33.1 Å². The number of fused-ring (bicyclic) bond motifs is 2. The van der Waals surface area contributed by atoms with Crippen molar-refractivity contribution in [1.82, 2.24) is 18.8 Å². The minimum absolute atomic E-state index is 0.136. The molecule has 3 N–H and O–H groups in total. The van der Waals surface area contributed by atoms with Gasteiger partial charge in [0.25, 0.3) is 0 Å². The van der Waals surface area contributed by atoms with Crippen molar-refractivity contribution >= 4 is 34.3 Å². The van der Waals surface area contributed by atoms with Crippen molar-refractivity contribution in [3.05, 3.63) is 84.0 Å². The molecule has 5 heterocycles. The van der Waals surface area contributed by atoms with Crippen LogP contribution in [0.4, 0.5) is 11.6 Å². The number of nitrogens with one attached hydrogen (secondary N) is 2. The molecule has 8 rings (SSSR count). The molecular formula is C39H46N6O2S. The van der Waals surface area contributed by atoms with Gasteiger partial charge in [-0.15, -0.1) is 11.3 Å². The zero-order chi connectivity index (χ0) is 32.9. The molecule has 250 valence electrons. The van der Waals surface area contributed by atoms with Crippen LogP contribution in [0.2, 0.25) is 0 Å². The van der Waals surface area contributed by atoms with E-state index in [9.17, 15) is 5.11 Å². The van der Waals surface area contributed by atoms with E-state index in [1.807, 2.05) is 47.9 Å². The van der Waals surface area contributed by atoms with Crippen molar-refractivity contribution in [2.75, 3.05) is 17.7 Å². The zero-order valence-electron chi connectivity index (χ0n) is 28.0. The first-order valence-corrected chi connectivity index (χ1v) is 18.4. The van der Waals surface area contributed by atoms with Gasteiger partial charge in [0, 0.05) is 34.9 Å². The van der Waals surface area contributed by atoms with Gasteiger partial charge < -0.3 is 20.5 Å². The summed E-state index contributed by atoms with van der Waals surface area (Å²) in [5, 5.41) is 17.4. The lowest BCUT2D eigenvalue weighted by Crippen LogP contribution is -2.23. The van der Waals surface area contributed by atoms with E-state index in [-0.39, 0.29) is 5.75 Å². The summed E-state index contributed by atoms with van der Waals surface area (Å²) >= 11 is 1.86. The fraction of sp³-hybridized carbons (Fsp3) is 0.385. The van der Waals surface area contributed by atoms with E-state index in [1.54, 1.807) is 13.2 Å². The summed E-state index contributed by atoms with van der Waals surface area (Å²) in [6, 6.07) is 23.1. The fourth-order valence-corrected chi connectivity index (χ4v) is 7.98. The predicted molar refractivity (Wildman–Crippen MR) is 198 cm³/mol. The Balaban J connectivity index is 0.000000152. The van der Waals surface area contributed by atoms with Crippen LogP contribution in [0.3, 0.4) is 0 Å². The van der Waals surface area contributed by atoms with E-state index in [4.69, 9.17) is 14.7 Å². The number of thiophene rings is 1. The SMILES string of the molecule is CCc1ccc(-c2nc3ccccn3c2NC2CCCCC2)s1.COc1cc(-c2nc3ccccn3c2NC2CCCCC2)ccc1O. The van der Waals surface area contributed by atoms with Gasteiger partial charge in [-0.3, -0.25) is 8.80 Å². The molecular weight excluding hydrogens is 617 g/mol. The number of anilines is 2. The van der Waals surface area contributed by atoms with Crippen molar-refractivity contribution < 1.29 is 9.84 Å². The highest BCUT2D eigenvalue weighted by Gasteiger charge is 2.22. The molecule has 8 nitrogen and oxygen atoms in total. The van der Waals surface area contributed by atoms with Crippen molar-refractivity contribution in [3.8, 4) is 33.3 Å². The van der Waals surface area contributed by atoms with Gasteiger partial charge in [-0.1, -0.05) is 57.6 Å². The monoisotopic (exact) mass is 662 g/mol. The first-order chi connectivity index (χ1) is 23.6. The smallest absolute Gasteiger partial charge is 0.161 e. The lowest BCUT2D eigenvalue weighted by Gasteiger charge is -2.24. The molecule has 9 heteroatoms. The summed E-state index contributed by atoms with van der Waals surface area (Å²) in [4.78, 5) is 12.4. The molecule has 0 radical (unpaired) electrons. The van der Waals surface area contributed by atoms with Gasteiger partial charge >= 0.3 is 0 Å². The number of aryl methyl sites for hydroxylation is 1. The first kappa shape index (κ1) is 32.1. The Bertz CT molecular complexity index is 1960. The van der Waals surface area contributed by atoms with E-state index in [1.165, 1.54) is 74.0 Å². The quantitative estimate of drug-likeness (QED) is 0.150. The van der Waals surface area contributed by atoms with Crippen molar-refractivity contribution in [1.29, 1.82) is 0 Å². The third kappa shape index (κ3) is 6.88. The molecule has 0 saturated heterocycles. The maximum absolute atomic E-state index is 9.89. The van der Waals surface area contributed by atoms with Crippen LogP contribution in [-0.4, -0.2) is 43.1 Å². The number of aromatic nitrogens is 4. The van der Waals surface area contributed by atoms with Gasteiger partial charge in [0.2, 0.25) is 0 Å². The molecule has 1 aromatic carbocycles. The number of rotatable bonds is 8. The molecule has 0 bridgehead atoms. The molecule has 0 unspecified atom stereocenters. The predicted octanol–water partition coefficient (Wildman–Crippen LogP) is 9.83. The van der Waals surface area contributed by atoms with Gasteiger partial charge in [0.05, 0.1) is 12.0 Å². The third-order valence-electron chi connectivity index (χ3n) is 9.65. The number of methoxy groups -OCH3 is 1. The highest BCUT2D eigenvalue weighted by Crippen LogP contribution is 2.37. The van der Waals surface area contributed by atoms with Crippen molar-refractivity contribution in [2.24, 2.45) is 0 Å². The van der Waals surface area contributed by atoms with Crippen LogP contribution in [0.5, 0.6) is 11.5 Å². The van der Waals surface area contributed by atoms with Gasteiger partial charge in [0.15, 0.2) is 11.5 Å². The minimum Gasteiger partial charge on any atom is -0.504 e. The molecule has 2 saturated carbocycles. The number of imidazole rings is 2. The summed E-state index contributed by atoms with van der Waals surface area (Å²) in [6.07, 6.45) is 18.1. The highest BCUT2D eigenvalue weighted by molar-refractivity contribution is 7.15. The van der Waals surface area contributed by atoms with E-state index in [0.717, 1.165) is 46.3 Å². The maximum atomic E-state index is 9.89. The molecule has 2 aliphatic carbocycles. The number of phenolic OH excluding ortho intramolecular Hbond substituents is 1. The molecule has 0 aliphatic heterocycles. The summed E-state index contributed by atoms with van der Waals surface area (Å²) in [6.45, 7) is 2.21. The first-order valence-electron chi connectivity index (χ1n) is 17.5. The molecule has 6 aromatic rings. The lowest BCUT2D eigenvalue weighted by atomic mass is 9.95. The number of hydrogen-bond donors (Lipinski definition) is 3. The Hall–Kier alpha value is -4.50. The second kappa shape index (κ2) is 14.7. The molecule has 2 aliphatic rings. The maximum Gasteiger partial charge on any atom is 0.161 e. The third-order valence-corrected chi connectivity index (χ3v) is 10.9. The number of nitrogens with zero attached hydrogens (tertiary/aromatic N) is 4. The van der Waals surface area contributed by atoms with E-state index in [0.29, 0.717) is 17.8 Å². The second-order valence-electron chi connectivity index (χ2n) is 12.9. The Morgan fingerprint density at radius 3 is 1.90 bits per heavy atom. The van der Waals surface area contributed by atoms with Crippen LogP contribution in [0.15, 0.2) is 79.1 Å². The average Bonchev–Trinajstić information content (AvgIpc) is 3.86. The van der Waals surface area contributed by atoms with E-state index >= 15 is 0 Å². The second-order valence-corrected chi connectivity index (χ2v) is 14.1. The van der Waals surface area contributed by atoms with Crippen molar-refractivity contribution in [2.45, 2.75) is 89.6 Å². The Morgan fingerprint density at radius 2 is 1.33 bits per heavy atom. The normalized spacial score (nSPS) is 15.7. The Kier molecular flexibility index (Phi) is 9.84. The standard InChI is InChI=1S/C20H23N3O2.C19H23N3S/c1-25-17-13-14(10-11-16(17)24)19-20(21-15-7-3-2-4-8-15)23-12-6-5-9-18(23)22-19;1-2-15-11-12-16(23-15)18-19(20-14-8-4-3-5-9-14)22-13-7-6-10-17(22)21-18/h5-6,9-13,15,21,24H,2-4,7-8H2,1H3;6-7,10-14,20H,2-5,8-9H2,1H3. The highest BCUT2D eigenvalue weighted by atomic mass is 32.1. The molecule has 0 amide bonds. The number of ether oxygens (including phenoxy) is 1. The van der Waals surface area contributed by atoms with Gasteiger partial charge in [-0.2, -0.15) is 0 Å². The van der Waals surface area contributed by atoms with Crippen LogP contribution in [-0.2, 0) is 6.42 Å². The fourth-order valence-electron chi connectivity index (χ4n) is 7.04. The molecule has 2 fully saturated rings. The van der Waals surface area contributed by atoms with E-state index < -0.39 is 0 Å². The number of aromatic hydroxyl groups is 1. The van der Waals surface area contributed by atoms with Gasteiger partial charge in [0.1, 0.15) is 34.3 Å². The number of phenols is 1. The number of hydrogen-bond acceptors (Lipinski definition) is 7. The van der Waals surface area contributed by atoms with Crippen molar-refractivity contribution in [3.63, 3.8) is 0 Å². The van der Waals surface area contributed by atoms with Crippen LogP contribution in [0, 0.1) is 0 Å². The number of pyridine rings is 2. The molecule has 5 aromatic heterocycles. The lowest BCUT2D eigenvalue weighted by molar-refractivity contribution is 0.373. The van der Waals surface area contributed by atoms with Crippen LogP contribution >= 0.6 is 11.3 Å².